The molecule has 0 atom stereocenters. The van der Waals surface area contributed by atoms with E-state index in [4.69, 9.17) is 10.5 Å². The van der Waals surface area contributed by atoms with Crippen molar-refractivity contribution < 1.29 is 4.74 Å². The highest BCUT2D eigenvalue weighted by Gasteiger charge is 2.09. The Morgan fingerprint density at radius 1 is 1.57 bits per heavy atom. The fourth-order valence-corrected chi connectivity index (χ4v) is 1.42. The highest BCUT2D eigenvalue weighted by Crippen LogP contribution is 2.29. The Morgan fingerprint density at radius 2 is 2.29 bits per heavy atom. The molecular formula is C11H17N2O. The van der Waals surface area contributed by atoms with Gasteiger partial charge in [0.2, 0.25) is 0 Å². The maximum absolute atomic E-state index is 5.50. The minimum Gasteiger partial charge on any atom is -0.494 e. The van der Waals surface area contributed by atoms with Gasteiger partial charge in [-0.25, -0.2) is 0 Å². The Balaban J connectivity index is 3.00. The van der Waals surface area contributed by atoms with Gasteiger partial charge in [-0.1, -0.05) is 12.1 Å². The molecule has 0 amide bonds. The monoisotopic (exact) mass is 193 g/mol. The van der Waals surface area contributed by atoms with E-state index in [1.807, 2.05) is 31.0 Å². The third-order valence-corrected chi connectivity index (χ3v) is 2.18. The molecule has 1 rings (SSSR count). The van der Waals surface area contributed by atoms with Gasteiger partial charge in [0.25, 0.3) is 0 Å². The number of hydrogen-bond acceptors (Lipinski definition) is 3. The van der Waals surface area contributed by atoms with Gasteiger partial charge in [-0.15, -0.1) is 0 Å². The third kappa shape index (κ3) is 2.17. The molecule has 0 saturated carbocycles. The number of nitrogens with two attached hydrogens (primary N) is 1. The fourth-order valence-electron chi connectivity index (χ4n) is 1.42. The van der Waals surface area contributed by atoms with Crippen LogP contribution in [0.25, 0.3) is 0 Å². The third-order valence-electron chi connectivity index (χ3n) is 2.18. The zero-order valence-corrected chi connectivity index (χ0v) is 9.00. The summed E-state index contributed by atoms with van der Waals surface area (Å²) in [6, 6.07) is 7.05. The summed E-state index contributed by atoms with van der Waals surface area (Å²) in [6.45, 7) is 3.45. The van der Waals surface area contributed by atoms with Crippen LogP contribution in [0.15, 0.2) is 12.1 Å². The molecule has 3 heteroatoms. The van der Waals surface area contributed by atoms with Crippen molar-refractivity contribution in [3.63, 3.8) is 0 Å². The summed E-state index contributed by atoms with van der Waals surface area (Å²) in [5.41, 5.74) is 7.59. The van der Waals surface area contributed by atoms with Crippen LogP contribution in [0.5, 0.6) is 5.75 Å². The Kier molecular flexibility index (Phi) is 3.77. The van der Waals surface area contributed by atoms with Crippen LogP contribution in [-0.4, -0.2) is 27.2 Å². The molecule has 0 aliphatic heterocycles. The van der Waals surface area contributed by atoms with Crippen molar-refractivity contribution in [2.75, 3.05) is 32.1 Å². The summed E-state index contributed by atoms with van der Waals surface area (Å²) in [7, 11) is 3.66. The van der Waals surface area contributed by atoms with Crippen molar-refractivity contribution in [2.24, 2.45) is 5.73 Å². The largest absolute Gasteiger partial charge is 0.494 e. The lowest BCUT2D eigenvalue weighted by Crippen LogP contribution is -2.25. The predicted molar refractivity (Wildman–Crippen MR) is 58.9 cm³/mol. The number of hydrogen-bond donors (Lipinski definition) is 1. The maximum atomic E-state index is 5.50. The summed E-state index contributed by atoms with van der Waals surface area (Å²) >= 11 is 0. The molecule has 0 fully saturated rings. The van der Waals surface area contributed by atoms with Gasteiger partial charge < -0.3 is 15.4 Å². The van der Waals surface area contributed by atoms with E-state index in [2.05, 4.69) is 6.07 Å². The molecule has 0 aliphatic carbocycles. The molecule has 77 valence electrons. The van der Waals surface area contributed by atoms with Crippen LogP contribution >= 0.6 is 0 Å². The molecule has 0 aliphatic rings. The second kappa shape index (κ2) is 4.86. The normalized spacial score (nSPS) is 10.0. The van der Waals surface area contributed by atoms with Gasteiger partial charge in [-0.05, 0) is 12.5 Å². The van der Waals surface area contributed by atoms with Gasteiger partial charge in [0, 0.05) is 26.2 Å². The average molecular weight is 193 g/mol. The van der Waals surface area contributed by atoms with E-state index in [9.17, 15) is 0 Å². The van der Waals surface area contributed by atoms with E-state index < -0.39 is 0 Å². The van der Waals surface area contributed by atoms with Crippen LogP contribution in [0.4, 0.5) is 5.69 Å². The predicted octanol–water partition coefficient (Wildman–Crippen LogP) is 1.20. The van der Waals surface area contributed by atoms with E-state index >= 15 is 0 Å². The van der Waals surface area contributed by atoms with Gasteiger partial charge in [0.1, 0.15) is 5.75 Å². The first kappa shape index (κ1) is 10.9. The highest BCUT2D eigenvalue weighted by molar-refractivity contribution is 5.60. The second-order valence-electron chi connectivity index (χ2n) is 3.25. The molecular weight excluding hydrogens is 176 g/mol. The number of likely N-dealkylation sites (N-methyl/N-ethyl adjacent to an activating group) is 1. The summed E-state index contributed by atoms with van der Waals surface area (Å²) < 4.78 is 5.33. The quantitative estimate of drug-likeness (QED) is 0.781. The van der Waals surface area contributed by atoms with Crippen molar-refractivity contribution in [3.8, 4) is 5.75 Å². The van der Waals surface area contributed by atoms with Gasteiger partial charge >= 0.3 is 0 Å². The SMILES string of the molecule is COc1c(N(C)CCN)[c]ccc1C. The van der Waals surface area contributed by atoms with Crippen molar-refractivity contribution in [1.29, 1.82) is 0 Å². The van der Waals surface area contributed by atoms with Crippen molar-refractivity contribution in [2.45, 2.75) is 6.92 Å². The zero-order chi connectivity index (χ0) is 10.6. The maximum Gasteiger partial charge on any atom is 0.145 e. The van der Waals surface area contributed by atoms with Gasteiger partial charge in [0.15, 0.2) is 0 Å². The lowest BCUT2D eigenvalue weighted by Gasteiger charge is -2.21. The molecule has 0 unspecified atom stereocenters. The van der Waals surface area contributed by atoms with Crippen LogP contribution < -0.4 is 15.4 Å². The first-order valence-electron chi connectivity index (χ1n) is 4.67. The van der Waals surface area contributed by atoms with Crippen molar-refractivity contribution >= 4 is 5.69 Å². The Morgan fingerprint density at radius 3 is 2.86 bits per heavy atom. The lowest BCUT2D eigenvalue weighted by molar-refractivity contribution is 0.411. The van der Waals surface area contributed by atoms with Gasteiger partial charge in [-0.3, -0.25) is 0 Å². The molecule has 1 aromatic carbocycles. The lowest BCUT2D eigenvalue weighted by atomic mass is 10.2. The number of benzene rings is 1. The Labute approximate surface area is 85.5 Å². The summed E-state index contributed by atoms with van der Waals surface area (Å²) in [6.07, 6.45) is 0. The Hall–Kier alpha value is -1.22. The molecule has 14 heavy (non-hydrogen) atoms. The minimum atomic E-state index is 0.626. The van der Waals surface area contributed by atoms with Gasteiger partial charge in [-0.2, -0.15) is 0 Å². The van der Waals surface area contributed by atoms with Crippen LogP contribution in [0.2, 0.25) is 0 Å². The van der Waals surface area contributed by atoms with Gasteiger partial charge in [0.05, 0.1) is 12.8 Å². The second-order valence-corrected chi connectivity index (χ2v) is 3.25. The first-order valence-corrected chi connectivity index (χ1v) is 4.67. The van der Waals surface area contributed by atoms with Crippen LogP contribution in [0, 0.1) is 13.0 Å². The number of nitrogens with zero attached hydrogens (tertiary/aromatic N) is 1. The van der Waals surface area contributed by atoms with E-state index in [0.29, 0.717) is 6.54 Å². The highest BCUT2D eigenvalue weighted by atomic mass is 16.5. The molecule has 0 saturated heterocycles. The molecule has 0 bridgehead atoms. The summed E-state index contributed by atoms with van der Waals surface area (Å²) in [4.78, 5) is 2.05. The molecule has 1 aromatic rings. The van der Waals surface area contributed by atoms with E-state index in [1.165, 1.54) is 0 Å². The number of methoxy groups -OCH3 is 1. The number of rotatable bonds is 4. The number of ether oxygens (including phenoxy) is 1. The topological polar surface area (TPSA) is 38.5 Å². The van der Waals surface area contributed by atoms with Crippen LogP contribution in [0.3, 0.4) is 0 Å². The molecule has 1 radical (unpaired) electrons. The van der Waals surface area contributed by atoms with E-state index in [-0.39, 0.29) is 0 Å². The average Bonchev–Trinajstić information content (AvgIpc) is 2.17. The number of anilines is 1. The van der Waals surface area contributed by atoms with Crippen molar-refractivity contribution in [3.05, 3.63) is 23.8 Å². The molecule has 3 nitrogen and oxygen atoms in total. The minimum absolute atomic E-state index is 0.626. The smallest absolute Gasteiger partial charge is 0.145 e. The summed E-state index contributed by atoms with van der Waals surface area (Å²) in [5.74, 6) is 0.878. The Bertz CT molecular complexity index is 299. The molecule has 0 spiro atoms. The van der Waals surface area contributed by atoms with E-state index in [1.54, 1.807) is 7.11 Å². The van der Waals surface area contributed by atoms with Crippen LogP contribution in [-0.2, 0) is 0 Å². The molecule has 2 N–H and O–H groups in total. The number of aryl methyl sites for hydroxylation is 1. The zero-order valence-electron chi connectivity index (χ0n) is 9.00. The van der Waals surface area contributed by atoms with Crippen molar-refractivity contribution in [1.82, 2.24) is 0 Å². The fraction of sp³-hybridized carbons (Fsp3) is 0.455. The molecule has 0 aromatic heterocycles. The summed E-state index contributed by atoms with van der Waals surface area (Å²) in [5, 5.41) is 0. The first-order chi connectivity index (χ1) is 6.70. The van der Waals surface area contributed by atoms with E-state index in [0.717, 1.165) is 23.5 Å². The molecule has 0 heterocycles. The standard InChI is InChI=1S/C11H17N2O/c1-9-5-4-6-10(11(9)14-3)13(2)8-7-12/h4-5H,7-8,12H2,1-3H3. The van der Waals surface area contributed by atoms with Crippen LogP contribution in [0.1, 0.15) is 5.56 Å².